The summed E-state index contributed by atoms with van der Waals surface area (Å²) in [5, 5.41) is 12.2. The number of rotatable bonds is 7. The van der Waals surface area contributed by atoms with Gasteiger partial charge in [-0.05, 0) is 36.2 Å². The van der Waals surface area contributed by atoms with Crippen LogP contribution in [0.3, 0.4) is 0 Å². The summed E-state index contributed by atoms with van der Waals surface area (Å²) >= 11 is 6.08. The first-order valence-corrected chi connectivity index (χ1v) is 11.7. The number of ether oxygens (including phenoxy) is 1. The highest BCUT2D eigenvalue weighted by atomic mass is 35.5. The highest BCUT2D eigenvalue weighted by Crippen LogP contribution is 2.40. The molecule has 2 aliphatic rings. The molecule has 1 saturated heterocycles. The molecule has 1 atom stereocenters. The number of furan rings is 1. The first-order chi connectivity index (χ1) is 16.5. The van der Waals surface area contributed by atoms with Gasteiger partial charge in [-0.3, -0.25) is 14.5 Å². The van der Waals surface area contributed by atoms with E-state index in [0.29, 0.717) is 42.3 Å². The van der Waals surface area contributed by atoms with Crippen LogP contribution in [0.2, 0.25) is 5.02 Å². The van der Waals surface area contributed by atoms with Gasteiger partial charge in [0.15, 0.2) is 11.5 Å². The molecular formula is C26H25ClN2O5. The lowest BCUT2D eigenvalue weighted by atomic mass is 9.95. The average Bonchev–Trinajstić information content (AvgIpc) is 3.40. The minimum absolute atomic E-state index is 0.0257. The Hall–Kier alpha value is -3.13. The lowest BCUT2D eigenvalue weighted by Gasteiger charge is -2.30. The number of aliphatic hydroxyl groups is 1. The molecule has 1 fully saturated rings. The molecule has 0 spiro atoms. The Balaban J connectivity index is 1.45. The second kappa shape index (κ2) is 9.62. The van der Waals surface area contributed by atoms with Crippen LogP contribution >= 0.6 is 11.6 Å². The molecule has 7 nitrogen and oxygen atoms in total. The molecule has 0 bridgehead atoms. The Morgan fingerprint density at radius 1 is 1.06 bits per heavy atom. The molecule has 2 aromatic carbocycles. The zero-order valence-corrected chi connectivity index (χ0v) is 19.3. The molecule has 5 rings (SSSR count). The van der Waals surface area contributed by atoms with E-state index < -0.39 is 23.5 Å². The van der Waals surface area contributed by atoms with Crippen molar-refractivity contribution < 1.29 is 23.8 Å². The number of carbonyl (C=O) groups excluding carboxylic acids is 2. The molecule has 34 heavy (non-hydrogen) atoms. The molecule has 0 unspecified atom stereocenters. The number of aliphatic hydroxyl groups excluding tert-OH is 1. The van der Waals surface area contributed by atoms with Crippen LogP contribution in [0.15, 0.2) is 70.3 Å². The number of fused-ring (bicyclic) bond motifs is 1. The summed E-state index contributed by atoms with van der Waals surface area (Å²) in [5.41, 5.74) is 1.30. The van der Waals surface area contributed by atoms with Crippen molar-refractivity contribution in [3.05, 3.63) is 82.3 Å². The number of hydrogen-bond donors (Lipinski definition) is 1. The van der Waals surface area contributed by atoms with Crippen LogP contribution < -0.4 is 0 Å². The summed E-state index contributed by atoms with van der Waals surface area (Å²) in [7, 11) is 0. The predicted octanol–water partition coefficient (Wildman–Crippen LogP) is 4.39. The monoisotopic (exact) mass is 480 g/mol. The van der Waals surface area contributed by atoms with E-state index in [4.69, 9.17) is 20.8 Å². The van der Waals surface area contributed by atoms with E-state index in [2.05, 4.69) is 4.90 Å². The lowest BCUT2D eigenvalue weighted by molar-refractivity contribution is -0.129. The lowest BCUT2D eigenvalue weighted by Crippen LogP contribution is -2.39. The third kappa shape index (κ3) is 4.34. The Morgan fingerprint density at radius 3 is 2.53 bits per heavy atom. The fourth-order valence-electron chi connectivity index (χ4n) is 4.62. The number of morpholine rings is 1. The van der Waals surface area contributed by atoms with Crippen molar-refractivity contribution in [2.75, 3.05) is 39.4 Å². The van der Waals surface area contributed by atoms with Gasteiger partial charge in [0, 0.05) is 36.6 Å². The number of Topliss-reactive ketones (excluding diaryl/α,β-unsaturated/α-hetero) is 1. The maximum absolute atomic E-state index is 13.6. The highest BCUT2D eigenvalue weighted by Gasteiger charge is 2.44. The predicted molar refractivity (Wildman–Crippen MR) is 128 cm³/mol. The minimum atomic E-state index is -0.727. The van der Waals surface area contributed by atoms with Crippen molar-refractivity contribution in [1.82, 2.24) is 9.80 Å². The van der Waals surface area contributed by atoms with E-state index in [1.807, 2.05) is 18.2 Å². The average molecular weight is 481 g/mol. The van der Waals surface area contributed by atoms with E-state index in [9.17, 15) is 14.7 Å². The molecule has 1 N–H and O–H groups in total. The second-order valence-corrected chi connectivity index (χ2v) is 8.94. The molecule has 2 aliphatic heterocycles. The van der Waals surface area contributed by atoms with E-state index in [-0.39, 0.29) is 11.3 Å². The van der Waals surface area contributed by atoms with Crippen LogP contribution in [0.1, 0.15) is 28.6 Å². The van der Waals surface area contributed by atoms with Crippen molar-refractivity contribution in [1.29, 1.82) is 0 Å². The minimum Gasteiger partial charge on any atom is -0.503 e. The summed E-state index contributed by atoms with van der Waals surface area (Å²) < 4.78 is 11.2. The van der Waals surface area contributed by atoms with Crippen molar-refractivity contribution in [3.63, 3.8) is 0 Å². The van der Waals surface area contributed by atoms with Crippen molar-refractivity contribution in [2.24, 2.45) is 0 Å². The number of carbonyl (C=O) groups is 2. The van der Waals surface area contributed by atoms with Crippen LogP contribution in [-0.4, -0.2) is 66.0 Å². The molecule has 1 aromatic heterocycles. The van der Waals surface area contributed by atoms with Gasteiger partial charge in [-0.1, -0.05) is 41.9 Å². The topological polar surface area (TPSA) is 83.2 Å². The normalized spacial score (nSPS) is 19.4. The fraction of sp³-hybridized carbons (Fsp3) is 0.308. The molecule has 0 aliphatic carbocycles. The van der Waals surface area contributed by atoms with E-state index >= 15 is 0 Å². The van der Waals surface area contributed by atoms with E-state index in [1.165, 1.54) is 0 Å². The Labute approximate surface area is 202 Å². The third-order valence-corrected chi connectivity index (χ3v) is 6.61. The summed E-state index contributed by atoms with van der Waals surface area (Å²) in [4.78, 5) is 30.5. The van der Waals surface area contributed by atoms with Crippen LogP contribution in [0.4, 0.5) is 0 Å². The van der Waals surface area contributed by atoms with Crippen molar-refractivity contribution >= 4 is 34.3 Å². The van der Waals surface area contributed by atoms with Gasteiger partial charge in [0.1, 0.15) is 5.58 Å². The first-order valence-electron chi connectivity index (χ1n) is 11.4. The molecule has 0 saturated carbocycles. The largest absolute Gasteiger partial charge is 0.503 e. The number of amides is 1. The van der Waals surface area contributed by atoms with Crippen LogP contribution in [0, 0.1) is 0 Å². The third-order valence-electron chi connectivity index (χ3n) is 6.36. The second-order valence-electron chi connectivity index (χ2n) is 8.50. The summed E-state index contributed by atoms with van der Waals surface area (Å²) in [5.74, 6) is -1.50. The van der Waals surface area contributed by atoms with Gasteiger partial charge in [0.05, 0.1) is 24.8 Å². The summed E-state index contributed by atoms with van der Waals surface area (Å²) in [6.45, 7) is 4.31. The molecule has 8 heteroatoms. The molecule has 3 aromatic rings. The SMILES string of the molecule is O=C(C1=C(O)C(=O)N(CCCN2CCOCC2)[C@H]1c1ccc(Cl)cc1)c1cc2ccccc2o1. The van der Waals surface area contributed by atoms with Crippen LogP contribution in [0.5, 0.6) is 0 Å². The molecule has 1 amide bonds. The number of benzene rings is 2. The Morgan fingerprint density at radius 2 is 1.79 bits per heavy atom. The molecule has 3 heterocycles. The van der Waals surface area contributed by atoms with Gasteiger partial charge >= 0.3 is 0 Å². The number of para-hydroxylation sites is 1. The summed E-state index contributed by atoms with van der Waals surface area (Å²) in [6.07, 6.45) is 0.704. The Kier molecular flexibility index (Phi) is 6.41. The van der Waals surface area contributed by atoms with Crippen LogP contribution in [0.25, 0.3) is 11.0 Å². The van der Waals surface area contributed by atoms with Crippen LogP contribution in [-0.2, 0) is 9.53 Å². The summed E-state index contributed by atoms with van der Waals surface area (Å²) in [6, 6.07) is 15.2. The number of hydrogen-bond acceptors (Lipinski definition) is 6. The zero-order valence-electron chi connectivity index (χ0n) is 18.6. The first kappa shape index (κ1) is 22.7. The van der Waals surface area contributed by atoms with Crippen molar-refractivity contribution in [2.45, 2.75) is 12.5 Å². The maximum atomic E-state index is 13.6. The standard InChI is InChI=1S/C26H25ClN2O5/c27-19-8-6-17(7-9-19)23-22(24(30)21-16-18-4-1-2-5-20(18)34-21)25(31)26(32)29(23)11-3-10-28-12-14-33-15-13-28/h1-2,4-9,16,23,31H,3,10-15H2/t23-/m0/s1. The number of ketones is 1. The van der Waals surface area contributed by atoms with E-state index in [1.54, 1.807) is 41.3 Å². The van der Waals surface area contributed by atoms with Gasteiger partial charge in [0.2, 0.25) is 5.78 Å². The maximum Gasteiger partial charge on any atom is 0.290 e. The van der Waals surface area contributed by atoms with Gasteiger partial charge in [0.25, 0.3) is 5.91 Å². The zero-order chi connectivity index (χ0) is 23.7. The van der Waals surface area contributed by atoms with Gasteiger partial charge in [-0.25, -0.2) is 0 Å². The molecular weight excluding hydrogens is 456 g/mol. The fourth-order valence-corrected chi connectivity index (χ4v) is 4.75. The van der Waals surface area contributed by atoms with E-state index in [0.717, 1.165) is 25.0 Å². The van der Waals surface area contributed by atoms with Gasteiger partial charge in [-0.2, -0.15) is 0 Å². The molecule has 0 radical (unpaired) electrons. The van der Waals surface area contributed by atoms with Crippen molar-refractivity contribution in [3.8, 4) is 0 Å². The smallest absolute Gasteiger partial charge is 0.290 e. The van der Waals surface area contributed by atoms with Gasteiger partial charge in [-0.15, -0.1) is 0 Å². The number of nitrogens with zero attached hydrogens (tertiary/aromatic N) is 2. The molecule has 176 valence electrons. The quantitative estimate of drug-likeness (QED) is 0.505. The van der Waals surface area contributed by atoms with Gasteiger partial charge < -0.3 is 19.2 Å². The number of halogens is 1. The highest BCUT2D eigenvalue weighted by molar-refractivity contribution is 6.30. The Bertz CT molecular complexity index is 1210.